The fourth-order valence-electron chi connectivity index (χ4n) is 2.99. The largest absolute Gasteiger partial charge is 0.392 e. The van der Waals surface area contributed by atoms with Gasteiger partial charge >= 0.3 is 6.18 Å². The molecular weight excluding hydrogens is 335 g/mol. The van der Waals surface area contributed by atoms with Crippen molar-refractivity contribution in [1.29, 1.82) is 0 Å². The average molecular weight is 352 g/mol. The van der Waals surface area contributed by atoms with Crippen molar-refractivity contribution in [1.82, 2.24) is 4.98 Å². The van der Waals surface area contributed by atoms with Crippen LogP contribution >= 0.6 is 15.9 Å². The number of pyridine rings is 1. The van der Waals surface area contributed by atoms with Crippen molar-refractivity contribution in [3.05, 3.63) is 28.5 Å². The molecule has 1 aromatic rings. The molecule has 0 saturated heterocycles. The number of alkyl halides is 3. The van der Waals surface area contributed by atoms with Crippen LogP contribution in [0.25, 0.3) is 0 Å². The Balaban J connectivity index is 2.08. The van der Waals surface area contributed by atoms with E-state index in [9.17, 15) is 18.3 Å². The van der Waals surface area contributed by atoms with Crippen molar-refractivity contribution in [2.45, 2.75) is 44.4 Å². The summed E-state index contributed by atoms with van der Waals surface area (Å²) in [5.41, 5.74) is 0.748. The van der Waals surface area contributed by atoms with Crippen LogP contribution in [0.1, 0.15) is 31.2 Å². The number of aromatic nitrogens is 1. The molecule has 112 valence electrons. The smallest absolute Gasteiger partial charge is 0.392 e. The van der Waals surface area contributed by atoms with Crippen LogP contribution in [0, 0.1) is 11.8 Å². The molecule has 0 amide bonds. The molecule has 1 aliphatic rings. The highest BCUT2D eigenvalue weighted by Gasteiger charge is 2.47. The number of nitrogens with zero attached hydrogens (tertiary/aromatic N) is 1. The number of hydrogen-bond acceptors (Lipinski definition) is 2. The van der Waals surface area contributed by atoms with E-state index in [1.165, 1.54) is 0 Å². The second kappa shape index (κ2) is 6.43. The quantitative estimate of drug-likeness (QED) is 0.888. The van der Waals surface area contributed by atoms with E-state index < -0.39 is 24.1 Å². The molecule has 3 atom stereocenters. The van der Waals surface area contributed by atoms with Gasteiger partial charge in [-0.2, -0.15) is 13.2 Å². The van der Waals surface area contributed by atoms with Gasteiger partial charge in [0.2, 0.25) is 0 Å². The van der Waals surface area contributed by atoms with Gasteiger partial charge in [-0.3, -0.25) is 4.98 Å². The lowest BCUT2D eigenvalue weighted by atomic mass is 9.74. The Morgan fingerprint density at radius 1 is 1.30 bits per heavy atom. The van der Waals surface area contributed by atoms with E-state index in [1.807, 2.05) is 0 Å². The minimum Gasteiger partial charge on any atom is -0.392 e. The van der Waals surface area contributed by atoms with Crippen molar-refractivity contribution >= 4 is 15.9 Å². The summed E-state index contributed by atoms with van der Waals surface area (Å²) in [4.78, 5) is 3.97. The highest BCUT2D eigenvalue weighted by atomic mass is 79.9. The summed E-state index contributed by atoms with van der Waals surface area (Å²) >= 11 is 3.27. The highest BCUT2D eigenvalue weighted by molar-refractivity contribution is 9.10. The van der Waals surface area contributed by atoms with Crippen LogP contribution in [0.15, 0.2) is 22.9 Å². The maximum atomic E-state index is 13.0. The van der Waals surface area contributed by atoms with Crippen molar-refractivity contribution < 1.29 is 18.3 Å². The molecule has 0 spiro atoms. The van der Waals surface area contributed by atoms with Gasteiger partial charge in [0.1, 0.15) is 0 Å². The third kappa shape index (κ3) is 3.95. The predicted octanol–water partition coefficient (Wildman–Crippen LogP) is 4.12. The Bertz CT molecular complexity index is 452. The number of aliphatic hydroxyl groups excluding tert-OH is 1. The van der Waals surface area contributed by atoms with Gasteiger partial charge in [-0.25, -0.2) is 0 Å². The lowest BCUT2D eigenvalue weighted by molar-refractivity contribution is -0.206. The molecule has 20 heavy (non-hydrogen) atoms. The molecule has 1 N–H and O–H groups in total. The van der Waals surface area contributed by atoms with Crippen LogP contribution in [-0.2, 0) is 6.42 Å². The maximum Gasteiger partial charge on any atom is 0.392 e. The Morgan fingerprint density at radius 3 is 2.65 bits per heavy atom. The third-order valence-electron chi connectivity index (χ3n) is 3.94. The Kier molecular flexibility index (Phi) is 5.07. The van der Waals surface area contributed by atoms with Gasteiger partial charge in [0.15, 0.2) is 0 Å². The van der Waals surface area contributed by atoms with E-state index in [4.69, 9.17) is 0 Å². The zero-order valence-corrected chi connectivity index (χ0v) is 12.5. The summed E-state index contributed by atoms with van der Waals surface area (Å²) in [5.74, 6) is -2.09. The van der Waals surface area contributed by atoms with Gasteiger partial charge in [0.25, 0.3) is 0 Å². The molecule has 0 bridgehead atoms. The van der Waals surface area contributed by atoms with Gasteiger partial charge in [0.05, 0.1) is 12.0 Å². The van der Waals surface area contributed by atoms with Crippen LogP contribution in [0.5, 0.6) is 0 Å². The first-order valence-electron chi connectivity index (χ1n) is 6.72. The average Bonchev–Trinajstić information content (AvgIpc) is 2.37. The van der Waals surface area contributed by atoms with E-state index in [1.54, 1.807) is 18.5 Å². The molecule has 1 fully saturated rings. The van der Waals surface area contributed by atoms with Crippen molar-refractivity contribution in [2.24, 2.45) is 11.8 Å². The van der Waals surface area contributed by atoms with Gasteiger partial charge in [-0.1, -0.05) is 12.8 Å². The van der Waals surface area contributed by atoms with E-state index in [2.05, 4.69) is 20.9 Å². The molecule has 2 rings (SSSR count). The molecule has 1 aromatic heterocycles. The number of halogens is 4. The normalized spacial score (nSPS) is 25.4. The molecule has 1 saturated carbocycles. The molecule has 0 aliphatic heterocycles. The molecular formula is C14H17BrF3NO. The number of aliphatic hydroxyl groups is 1. The Hall–Kier alpha value is -0.620. The van der Waals surface area contributed by atoms with Crippen LogP contribution < -0.4 is 0 Å². The molecule has 2 nitrogen and oxygen atoms in total. The zero-order valence-electron chi connectivity index (χ0n) is 10.9. The Labute approximate surface area is 124 Å². The monoisotopic (exact) mass is 351 g/mol. The molecule has 3 unspecified atom stereocenters. The summed E-state index contributed by atoms with van der Waals surface area (Å²) < 4.78 is 39.8. The first-order valence-corrected chi connectivity index (χ1v) is 7.51. The number of rotatable bonds is 3. The van der Waals surface area contributed by atoms with Crippen LogP contribution in [0.3, 0.4) is 0 Å². The van der Waals surface area contributed by atoms with Crippen LogP contribution in [-0.4, -0.2) is 22.4 Å². The maximum absolute atomic E-state index is 13.0. The summed E-state index contributed by atoms with van der Waals surface area (Å²) in [6.07, 6.45) is 0.115. The topological polar surface area (TPSA) is 33.1 Å². The van der Waals surface area contributed by atoms with Gasteiger partial charge in [-0.05, 0) is 46.3 Å². The lowest BCUT2D eigenvalue weighted by Gasteiger charge is -2.36. The highest BCUT2D eigenvalue weighted by Crippen LogP contribution is 2.43. The van der Waals surface area contributed by atoms with Crippen LogP contribution in [0.4, 0.5) is 13.2 Å². The minimum atomic E-state index is -4.22. The van der Waals surface area contributed by atoms with Gasteiger partial charge in [0, 0.05) is 23.3 Å². The first kappa shape index (κ1) is 15.8. The standard InChI is InChI=1S/C14H17BrF3NO/c15-10-5-9(7-19-8-10)6-13(20)11-3-1-2-4-12(11)14(16,17)18/h5,7-8,11-13,20H,1-4,6H2. The van der Waals surface area contributed by atoms with Gasteiger partial charge < -0.3 is 5.11 Å². The molecule has 1 heterocycles. The number of hydrogen-bond donors (Lipinski definition) is 1. The molecule has 0 radical (unpaired) electrons. The van der Waals surface area contributed by atoms with Crippen molar-refractivity contribution in [3.8, 4) is 0 Å². The second-order valence-electron chi connectivity index (χ2n) is 5.38. The second-order valence-corrected chi connectivity index (χ2v) is 6.29. The minimum absolute atomic E-state index is 0.127. The summed E-state index contributed by atoms with van der Waals surface area (Å²) in [7, 11) is 0. The summed E-state index contributed by atoms with van der Waals surface area (Å²) in [5, 5.41) is 10.2. The first-order chi connectivity index (χ1) is 9.38. The fraction of sp³-hybridized carbons (Fsp3) is 0.643. The van der Waals surface area contributed by atoms with E-state index >= 15 is 0 Å². The third-order valence-corrected chi connectivity index (χ3v) is 4.37. The predicted molar refractivity (Wildman–Crippen MR) is 73.2 cm³/mol. The summed E-state index contributed by atoms with van der Waals surface area (Å²) in [6, 6.07) is 1.78. The van der Waals surface area contributed by atoms with Gasteiger partial charge in [-0.15, -0.1) is 0 Å². The lowest BCUT2D eigenvalue weighted by Crippen LogP contribution is -2.40. The Morgan fingerprint density at radius 2 is 2.00 bits per heavy atom. The van der Waals surface area contributed by atoms with Crippen LogP contribution in [0.2, 0.25) is 0 Å². The van der Waals surface area contributed by atoms with E-state index in [0.717, 1.165) is 16.5 Å². The van der Waals surface area contributed by atoms with E-state index in [-0.39, 0.29) is 12.8 Å². The molecule has 0 aromatic carbocycles. The zero-order chi connectivity index (χ0) is 14.8. The molecule has 1 aliphatic carbocycles. The SMILES string of the molecule is OC(Cc1cncc(Br)c1)C1CCCCC1C(F)(F)F. The molecule has 6 heteroatoms. The van der Waals surface area contributed by atoms with E-state index in [0.29, 0.717) is 12.8 Å². The summed E-state index contributed by atoms with van der Waals surface area (Å²) in [6.45, 7) is 0. The fourth-order valence-corrected chi connectivity index (χ4v) is 3.40. The van der Waals surface area contributed by atoms with Crippen molar-refractivity contribution in [3.63, 3.8) is 0 Å². The van der Waals surface area contributed by atoms with Crippen molar-refractivity contribution in [2.75, 3.05) is 0 Å².